The van der Waals surface area contributed by atoms with Crippen LogP contribution in [0.1, 0.15) is 46.3 Å². The third-order valence-electron chi connectivity index (χ3n) is 8.69. The number of ether oxygens (including phenoxy) is 4. The Bertz CT molecular complexity index is 1450. The number of fused-ring (bicyclic) bond motifs is 2. The van der Waals surface area contributed by atoms with Crippen LogP contribution in [-0.4, -0.2) is 95.9 Å². The van der Waals surface area contributed by atoms with E-state index in [1.807, 2.05) is 24.3 Å². The molecule has 11 nitrogen and oxygen atoms in total. The van der Waals surface area contributed by atoms with Crippen molar-refractivity contribution in [2.75, 3.05) is 32.9 Å². The fourth-order valence-corrected chi connectivity index (χ4v) is 6.60. The van der Waals surface area contributed by atoms with E-state index in [2.05, 4.69) is 5.32 Å². The zero-order valence-electron chi connectivity index (χ0n) is 24.9. The van der Waals surface area contributed by atoms with Crippen molar-refractivity contribution in [1.82, 2.24) is 10.2 Å². The molecule has 2 heterocycles. The summed E-state index contributed by atoms with van der Waals surface area (Å²) in [7, 11) is 0. The van der Waals surface area contributed by atoms with Crippen molar-refractivity contribution in [3.8, 4) is 0 Å². The summed E-state index contributed by atoms with van der Waals surface area (Å²) in [6.45, 7) is 0.468. The molecule has 2 aromatic rings. The van der Waals surface area contributed by atoms with Crippen LogP contribution < -0.4 is 5.32 Å². The number of carbonyl (C=O) groups excluding carboxylic acids is 3. The Hall–Kier alpha value is -4.03. The Balaban J connectivity index is 1.21. The summed E-state index contributed by atoms with van der Waals surface area (Å²) in [6.07, 6.45) is 5.34. The zero-order valence-corrected chi connectivity index (χ0v) is 24.9. The molecule has 4 aliphatic rings. The van der Waals surface area contributed by atoms with Crippen molar-refractivity contribution >= 4 is 23.9 Å². The van der Waals surface area contributed by atoms with E-state index in [-0.39, 0.29) is 44.6 Å². The van der Waals surface area contributed by atoms with Crippen molar-refractivity contribution in [3.05, 3.63) is 88.7 Å². The molecule has 2 amide bonds. The standard InChI is InChI=1S/C34H38N2O9/c37-14-12-35-31(39)27-6-3-13-36(27)32(40)26-18-28(43-33(41)23-9-7-22(8-10-23)11-16-42-17-15-38)30-29(19-26)44-34(45-30)20-24-4-1-2-5-25(24)21-34/h1-2,4-5,7-11,16,19,27-30,37-38H,3,6,12-15,17-18,20-21H2,(H,35,39)/t27-,28-,29-,30+/m1/s1. The van der Waals surface area contributed by atoms with E-state index in [1.165, 1.54) is 6.26 Å². The van der Waals surface area contributed by atoms with E-state index in [0.717, 1.165) is 16.7 Å². The van der Waals surface area contributed by atoms with Gasteiger partial charge in [0.25, 0.3) is 0 Å². The molecule has 2 aromatic carbocycles. The Morgan fingerprint density at radius 2 is 1.78 bits per heavy atom. The van der Waals surface area contributed by atoms with Crippen LogP contribution >= 0.6 is 0 Å². The number of hydrogen-bond donors (Lipinski definition) is 3. The van der Waals surface area contributed by atoms with E-state index in [9.17, 15) is 14.4 Å². The summed E-state index contributed by atoms with van der Waals surface area (Å²) in [4.78, 5) is 41.6. The van der Waals surface area contributed by atoms with E-state index in [4.69, 9.17) is 29.2 Å². The Labute approximate surface area is 261 Å². The molecule has 3 N–H and O–H groups in total. The molecule has 0 saturated carbocycles. The van der Waals surface area contributed by atoms with E-state index in [0.29, 0.717) is 43.4 Å². The van der Waals surface area contributed by atoms with Gasteiger partial charge < -0.3 is 39.4 Å². The van der Waals surface area contributed by atoms with Crippen LogP contribution in [0.15, 0.2) is 66.4 Å². The Kier molecular flexibility index (Phi) is 9.32. The average Bonchev–Trinajstić information content (AvgIpc) is 3.78. The summed E-state index contributed by atoms with van der Waals surface area (Å²) in [5.41, 5.74) is 3.82. The molecule has 1 spiro atoms. The monoisotopic (exact) mass is 618 g/mol. The van der Waals surface area contributed by atoms with Crippen LogP contribution in [-0.2, 0) is 41.4 Å². The lowest BCUT2D eigenvalue weighted by molar-refractivity contribution is -0.172. The van der Waals surface area contributed by atoms with Gasteiger partial charge >= 0.3 is 5.97 Å². The van der Waals surface area contributed by atoms with Crippen molar-refractivity contribution in [2.45, 2.75) is 62.2 Å². The zero-order chi connectivity index (χ0) is 31.4. The second-order valence-electron chi connectivity index (χ2n) is 11.7. The van der Waals surface area contributed by atoms with Crippen LogP contribution in [0, 0.1) is 0 Å². The highest BCUT2D eigenvalue weighted by atomic mass is 16.8. The van der Waals surface area contributed by atoms with Gasteiger partial charge in [0.2, 0.25) is 11.8 Å². The maximum absolute atomic E-state index is 13.9. The number of nitrogens with zero attached hydrogens (tertiary/aromatic N) is 1. The number of nitrogens with one attached hydrogen (secondary N) is 1. The smallest absolute Gasteiger partial charge is 0.338 e. The number of aliphatic hydroxyl groups is 2. The van der Waals surface area contributed by atoms with Crippen molar-refractivity contribution < 1.29 is 43.5 Å². The molecule has 4 atom stereocenters. The van der Waals surface area contributed by atoms with Crippen LogP contribution in [0.2, 0.25) is 0 Å². The second-order valence-corrected chi connectivity index (χ2v) is 11.7. The average molecular weight is 619 g/mol. The molecule has 45 heavy (non-hydrogen) atoms. The predicted molar refractivity (Wildman–Crippen MR) is 162 cm³/mol. The number of carbonyl (C=O) groups is 3. The topological polar surface area (TPSA) is 144 Å². The van der Waals surface area contributed by atoms with Gasteiger partial charge in [0.1, 0.15) is 31.0 Å². The molecule has 2 fully saturated rings. The van der Waals surface area contributed by atoms with E-state index < -0.39 is 36.1 Å². The molecule has 2 aliphatic heterocycles. The van der Waals surface area contributed by atoms with Crippen LogP contribution in [0.4, 0.5) is 0 Å². The first-order chi connectivity index (χ1) is 21.9. The first-order valence-electron chi connectivity index (χ1n) is 15.4. The minimum absolute atomic E-state index is 0.0813. The van der Waals surface area contributed by atoms with Gasteiger partial charge in [0.15, 0.2) is 5.79 Å². The molecule has 0 aromatic heterocycles. The van der Waals surface area contributed by atoms with Crippen molar-refractivity contribution in [3.63, 3.8) is 0 Å². The molecule has 0 bridgehead atoms. The highest BCUT2D eigenvalue weighted by Crippen LogP contribution is 2.45. The second kappa shape index (κ2) is 13.5. The van der Waals surface area contributed by atoms with Gasteiger partial charge in [-0.3, -0.25) is 9.59 Å². The number of likely N-dealkylation sites (tertiary alicyclic amines) is 1. The number of aliphatic hydroxyl groups excluding tert-OH is 2. The Morgan fingerprint density at radius 3 is 2.49 bits per heavy atom. The predicted octanol–water partition coefficient (Wildman–Crippen LogP) is 1.90. The quantitative estimate of drug-likeness (QED) is 0.207. The normalized spacial score (nSPS) is 24.8. The van der Waals surface area contributed by atoms with Crippen LogP contribution in [0.25, 0.3) is 6.08 Å². The van der Waals surface area contributed by atoms with E-state index in [1.54, 1.807) is 41.3 Å². The third kappa shape index (κ3) is 6.67. The van der Waals surface area contributed by atoms with Gasteiger partial charge in [0.05, 0.1) is 25.0 Å². The fraction of sp³-hybridized carbons (Fsp3) is 0.441. The maximum Gasteiger partial charge on any atom is 0.338 e. The third-order valence-corrected chi connectivity index (χ3v) is 8.69. The Morgan fingerprint density at radius 1 is 1.02 bits per heavy atom. The van der Waals surface area contributed by atoms with E-state index >= 15 is 0 Å². The molecule has 0 unspecified atom stereocenters. The lowest BCUT2D eigenvalue weighted by Gasteiger charge is -2.32. The molecule has 11 heteroatoms. The minimum atomic E-state index is -0.925. The molecule has 0 radical (unpaired) electrons. The minimum Gasteiger partial charge on any atom is -0.499 e. The van der Waals surface area contributed by atoms with Gasteiger partial charge in [-0.05, 0) is 53.8 Å². The lowest BCUT2D eigenvalue weighted by Crippen LogP contribution is -2.49. The number of amides is 2. The van der Waals surface area contributed by atoms with Gasteiger partial charge in [-0.2, -0.15) is 0 Å². The summed E-state index contributed by atoms with van der Waals surface area (Å²) in [5, 5.41) is 20.6. The van der Waals surface area contributed by atoms with Gasteiger partial charge in [-0.15, -0.1) is 0 Å². The molecule has 2 saturated heterocycles. The molecule has 2 aliphatic carbocycles. The van der Waals surface area contributed by atoms with Crippen molar-refractivity contribution in [2.24, 2.45) is 0 Å². The number of benzene rings is 2. The molecular weight excluding hydrogens is 580 g/mol. The first-order valence-corrected chi connectivity index (χ1v) is 15.4. The fourth-order valence-electron chi connectivity index (χ4n) is 6.60. The number of hydrogen-bond acceptors (Lipinski definition) is 9. The molecule has 238 valence electrons. The largest absolute Gasteiger partial charge is 0.499 e. The SMILES string of the molecule is O=C(O[C@@H]1CC(C(=O)N2CCC[C@@H]2C(=O)NCCO)=C[C@H]2OC3(Cc4ccccc4C3)O[C@H]21)c1ccc(C=COCCO)cc1. The number of rotatable bonds is 10. The van der Waals surface area contributed by atoms with Gasteiger partial charge in [0, 0.05) is 37.9 Å². The summed E-state index contributed by atoms with van der Waals surface area (Å²) in [6, 6.07) is 14.2. The molecular formula is C34H38N2O9. The van der Waals surface area contributed by atoms with Crippen LogP contribution in [0.3, 0.4) is 0 Å². The lowest BCUT2D eigenvalue weighted by atomic mass is 9.91. The van der Waals surface area contributed by atoms with Crippen molar-refractivity contribution in [1.29, 1.82) is 0 Å². The number of esters is 1. The van der Waals surface area contributed by atoms with Gasteiger partial charge in [-0.1, -0.05) is 36.4 Å². The highest BCUT2D eigenvalue weighted by Gasteiger charge is 2.55. The summed E-state index contributed by atoms with van der Waals surface area (Å²) < 4.78 is 24.4. The summed E-state index contributed by atoms with van der Waals surface area (Å²) in [5.74, 6) is -2.07. The molecule has 6 rings (SSSR count). The maximum atomic E-state index is 13.9. The van der Waals surface area contributed by atoms with Gasteiger partial charge in [-0.25, -0.2) is 4.79 Å². The van der Waals surface area contributed by atoms with Crippen LogP contribution in [0.5, 0.6) is 0 Å². The highest BCUT2D eigenvalue weighted by molar-refractivity contribution is 5.98. The first kappa shape index (κ1) is 31.0. The summed E-state index contributed by atoms with van der Waals surface area (Å²) >= 11 is 0.